The van der Waals surface area contributed by atoms with Gasteiger partial charge in [0.25, 0.3) is 11.5 Å². The van der Waals surface area contributed by atoms with Crippen molar-refractivity contribution in [2.45, 2.75) is 33.7 Å². The molecular formula is C21H22ClN5O2. The highest BCUT2D eigenvalue weighted by molar-refractivity contribution is 6.36. The molecule has 1 N–H and O–H groups in total. The zero-order chi connectivity index (χ0) is 20.9. The number of H-pyrrole nitrogens is 1. The van der Waals surface area contributed by atoms with Crippen LogP contribution in [0.4, 0.5) is 0 Å². The summed E-state index contributed by atoms with van der Waals surface area (Å²) in [5.41, 5.74) is 5.75. The highest BCUT2D eigenvalue weighted by atomic mass is 35.5. The van der Waals surface area contributed by atoms with Crippen LogP contribution in [0, 0.1) is 20.8 Å². The van der Waals surface area contributed by atoms with Crippen molar-refractivity contribution >= 4 is 17.5 Å². The smallest absolute Gasteiger partial charge is 0.255 e. The van der Waals surface area contributed by atoms with Crippen LogP contribution in [-0.2, 0) is 20.0 Å². The first kappa shape index (κ1) is 19.4. The van der Waals surface area contributed by atoms with Crippen molar-refractivity contribution in [1.29, 1.82) is 0 Å². The number of carbonyl (C=O) groups excluding carboxylic acids is 1. The first-order valence-corrected chi connectivity index (χ1v) is 9.82. The van der Waals surface area contributed by atoms with E-state index in [1.54, 1.807) is 9.58 Å². The molecule has 0 aliphatic carbocycles. The third kappa shape index (κ3) is 3.25. The van der Waals surface area contributed by atoms with Gasteiger partial charge in [-0.05, 0) is 44.4 Å². The van der Waals surface area contributed by atoms with Crippen LogP contribution < -0.4 is 5.56 Å². The van der Waals surface area contributed by atoms with Gasteiger partial charge in [-0.2, -0.15) is 0 Å². The number of hydrogen-bond acceptors (Lipinski definition) is 4. The van der Waals surface area contributed by atoms with Crippen LogP contribution in [0.15, 0.2) is 23.0 Å². The quantitative estimate of drug-likeness (QED) is 0.718. The molecule has 1 amide bonds. The van der Waals surface area contributed by atoms with Gasteiger partial charge in [-0.15, -0.1) is 5.10 Å². The molecule has 0 fully saturated rings. The molecule has 1 aliphatic heterocycles. The van der Waals surface area contributed by atoms with Crippen molar-refractivity contribution in [1.82, 2.24) is 24.9 Å². The van der Waals surface area contributed by atoms with Crippen LogP contribution in [-0.4, -0.2) is 37.3 Å². The molecule has 3 heterocycles. The Labute approximate surface area is 173 Å². The van der Waals surface area contributed by atoms with E-state index in [1.807, 2.05) is 46.0 Å². The summed E-state index contributed by atoms with van der Waals surface area (Å²) in [6.07, 6.45) is 0.684. The number of pyridine rings is 1. The van der Waals surface area contributed by atoms with Crippen LogP contribution in [0.5, 0.6) is 0 Å². The van der Waals surface area contributed by atoms with Crippen molar-refractivity contribution < 1.29 is 4.79 Å². The molecule has 0 radical (unpaired) electrons. The van der Waals surface area contributed by atoms with E-state index in [1.165, 1.54) is 0 Å². The number of nitrogens with one attached hydrogen (secondary N) is 1. The van der Waals surface area contributed by atoms with Crippen molar-refractivity contribution in [2.75, 3.05) is 6.54 Å². The Balaban J connectivity index is 1.73. The lowest BCUT2D eigenvalue weighted by Crippen LogP contribution is -2.39. The minimum atomic E-state index is -0.168. The maximum absolute atomic E-state index is 13.3. The summed E-state index contributed by atoms with van der Waals surface area (Å²) in [6, 6.07) is 5.75. The summed E-state index contributed by atoms with van der Waals surface area (Å²) in [5, 5.41) is 8.62. The fourth-order valence-corrected chi connectivity index (χ4v) is 4.18. The van der Waals surface area contributed by atoms with Gasteiger partial charge in [-0.25, -0.2) is 0 Å². The Morgan fingerprint density at radius 1 is 1.21 bits per heavy atom. The number of aryl methyl sites for hydroxylation is 3. The second-order valence-corrected chi connectivity index (χ2v) is 7.91. The highest BCUT2D eigenvalue weighted by Gasteiger charge is 2.30. The van der Waals surface area contributed by atoms with E-state index >= 15 is 0 Å². The second kappa shape index (κ2) is 7.15. The van der Waals surface area contributed by atoms with Crippen LogP contribution >= 0.6 is 11.6 Å². The summed E-state index contributed by atoms with van der Waals surface area (Å²) in [5.74, 6) is -0.168. The molecule has 8 heteroatoms. The average molecular weight is 412 g/mol. The number of hydrogen-bond donors (Lipinski definition) is 1. The summed E-state index contributed by atoms with van der Waals surface area (Å²) in [4.78, 5) is 30.2. The van der Waals surface area contributed by atoms with E-state index in [0.29, 0.717) is 40.4 Å². The van der Waals surface area contributed by atoms with Crippen LogP contribution in [0.3, 0.4) is 0 Å². The molecule has 7 nitrogen and oxygen atoms in total. The SMILES string of the molecule is Cc1cc(C)c(CN2CCc3ccc(-c4nnn(C)c4C)c(Cl)c3C2=O)c(=O)[nH]1. The molecule has 0 unspecified atom stereocenters. The Bertz CT molecular complexity index is 1190. The molecule has 0 saturated carbocycles. The first-order valence-electron chi connectivity index (χ1n) is 9.44. The third-order valence-corrected chi connectivity index (χ3v) is 5.98. The van der Waals surface area contributed by atoms with Gasteiger partial charge in [0.2, 0.25) is 0 Å². The lowest BCUT2D eigenvalue weighted by Gasteiger charge is -2.30. The predicted molar refractivity (Wildman–Crippen MR) is 111 cm³/mol. The largest absolute Gasteiger partial charge is 0.334 e. The summed E-state index contributed by atoms with van der Waals surface area (Å²) < 4.78 is 1.67. The van der Waals surface area contributed by atoms with Gasteiger partial charge in [0.1, 0.15) is 5.69 Å². The molecule has 0 spiro atoms. The average Bonchev–Trinajstić information content (AvgIpc) is 2.99. The molecular weight excluding hydrogens is 390 g/mol. The Morgan fingerprint density at radius 2 is 1.97 bits per heavy atom. The van der Waals surface area contributed by atoms with Gasteiger partial charge in [-0.3, -0.25) is 14.3 Å². The van der Waals surface area contributed by atoms with Crippen molar-refractivity contribution in [3.05, 3.63) is 67.2 Å². The standard InChI is InChI=1S/C21H22ClN5O2/c1-11-9-12(2)23-20(28)16(11)10-27-8-7-14-5-6-15(18(22)17(14)21(27)29)19-13(3)26(4)25-24-19/h5-6,9H,7-8,10H2,1-4H3,(H,23,28). The van der Waals surface area contributed by atoms with Gasteiger partial charge >= 0.3 is 0 Å². The fraction of sp³-hybridized carbons (Fsp3) is 0.333. The van der Waals surface area contributed by atoms with Crippen LogP contribution in [0.1, 0.15) is 38.4 Å². The number of halogens is 1. The van der Waals surface area contributed by atoms with Gasteiger partial charge in [0.15, 0.2) is 0 Å². The number of aromatic amines is 1. The molecule has 150 valence electrons. The lowest BCUT2D eigenvalue weighted by molar-refractivity contribution is 0.0726. The number of fused-ring (bicyclic) bond motifs is 1. The zero-order valence-corrected chi connectivity index (χ0v) is 17.6. The third-order valence-electron chi connectivity index (χ3n) is 5.59. The molecule has 0 saturated heterocycles. The molecule has 3 aromatic rings. The number of rotatable bonds is 3. The summed E-state index contributed by atoms with van der Waals surface area (Å²) in [7, 11) is 1.81. The summed E-state index contributed by atoms with van der Waals surface area (Å²) >= 11 is 6.70. The first-order chi connectivity index (χ1) is 13.8. The normalized spacial score (nSPS) is 13.7. The highest BCUT2D eigenvalue weighted by Crippen LogP contribution is 2.36. The minimum absolute atomic E-state index is 0.156. The fourth-order valence-electron chi connectivity index (χ4n) is 3.83. The predicted octanol–water partition coefficient (Wildman–Crippen LogP) is 2.95. The van der Waals surface area contributed by atoms with Crippen LogP contribution in [0.25, 0.3) is 11.3 Å². The maximum atomic E-state index is 13.3. The Hall–Kier alpha value is -2.93. The number of benzene rings is 1. The van der Waals surface area contributed by atoms with Crippen LogP contribution in [0.2, 0.25) is 5.02 Å². The number of amides is 1. The number of carbonyl (C=O) groups is 1. The Morgan fingerprint density at radius 3 is 2.62 bits per heavy atom. The molecule has 2 aromatic heterocycles. The van der Waals surface area contributed by atoms with Gasteiger partial charge < -0.3 is 9.88 Å². The minimum Gasteiger partial charge on any atom is -0.334 e. The topological polar surface area (TPSA) is 83.9 Å². The van der Waals surface area contributed by atoms with Gasteiger partial charge in [-0.1, -0.05) is 28.9 Å². The van der Waals surface area contributed by atoms with E-state index in [4.69, 9.17) is 11.6 Å². The lowest BCUT2D eigenvalue weighted by atomic mass is 9.94. The van der Waals surface area contributed by atoms with E-state index in [0.717, 1.165) is 22.5 Å². The molecule has 0 atom stereocenters. The van der Waals surface area contributed by atoms with E-state index in [9.17, 15) is 9.59 Å². The molecule has 1 aliphatic rings. The van der Waals surface area contributed by atoms with Gasteiger partial charge in [0, 0.05) is 30.4 Å². The number of aromatic nitrogens is 4. The maximum Gasteiger partial charge on any atom is 0.255 e. The molecule has 1 aromatic carbocycles. The monoisotopic (exact) mass is 411 g/mol. The Kier molecular flexibility index (Phi) is 4.78. The molecule has 4 rings (SSSR count). The van der Waals surface area contributed by atoms with Gasteiger partial charge in [0.05, 0.1) is 22.8 Å². The van der Waals surface area contributed by atoms with Crippen molar-refractivity contribution in [2.24, 2.45) is 7.05 Å². The summed E-state index contributed by atoms with van der Waals surface area (Å²) in [6.45, 7) is 6.44. The van der Waals surface area contributed by atoms with E-state index in [2.05, 4.69) is 15.3 Å². The number of nitrogens with zero attached hydrogens (tertiary/aromatic N) is 4. The van der Waals surface area contributed by atoms with Crippen molar-refractivity contribution in [3.63, 3.8) is 0 Å². The van der Waals surface area contributed by atoms with E-state index in [-0.39, 0.29) is 18.0 Å². The second-order valence-electron chi connectivity index (χ2n) is 7.53. The van der Waals surface area contributed by atoms with E-state index < -0.39 is 0 Å². The molecule has 0 bridgehead atoms. The zero-order valence-electron chi connectivity index (χ0n) is 16.8. The molecule has 29 heavy (non-hydrogen) atoms. The van der Waals surface area contributed by atoms with Crippen molar-refractivity contribution in [3.8, 4) is 11.3 Å².